The van der Waals surface area contributed by atoms with E-state index in [0.29, 0.717) is 5.69 Å². The topological polar surface area (TPSA) is 29.3 Å². The van der Waals surface area contributed by atoms with E-state index in [1.54, 1.807) is 38.1 Å². The van der Waals surface area contributed by atoms with Crippen LogP contribution in [0.15, 0.2) is 24.3 Å². The van der Waals surface area contributed by atoms with E-state index in [1.165, 1.54) is 4.90 Å². The van der Waals surface area contributed by atoms with Crippen molar-refractivity contribution in [2.45, 2.75) is 39.0 Å². The molecule has 0 saturated heterocycles. The van der Waals surface area contributed by atoms with Crippen LogP contribution in [0.5, 0.6) is 0 Å². The van der Waals surface area contributed by atoms with Crippen molar-refractivity contribution in [3.05, 3.63) is 29.8 Å². The highest BCUT2D eigenvalue weighted by molar-refractivity contribution is 5.49. The molecule has 1 atom stereocenters. The second-order valence-electron chi connectivity index (χ2n) is 4.72. The summed E-state index contributed by atoms with van der Waals surface area (Å²) in [5, 5.41) is 0. The van der Waals surface area contributed by atoms with Gasteiger partial charge in [-0.05, 0) is 38.5 Å². The van der Waals surface area contributed by atoms with Gasteiger partial charge in [0.25, 0.3) is 0 Å². The van der Waals surface area contributed by atoms with Crippen molar-refractivity contribution in [1.82, 2.24) is 0 Å². The first-order valence-corrected chi connectivity index (χ1v) is 5.89. The number of rotatable bonds is 4. The van der Waals surface area contributed by atoms with Crippen molar-refractivity contribution in [2.24, 2.45) is 5.73 Å². The second-order valence-corrected chi connectivity index (χ2v) is 4.72. The lowest BCUT2D eigenvalue weighted by Crippen LogP contribution is -2.39. The molecule has 0 saturated carbocycles. The van der Waals surface area contributed by atoms with Crippen LogP contribution in [0, 0.1) is 0 Å². The Morgan fingerprint density at radius 2 is 1.61 bits per heavy atom. The zero-order valence-electron chi connectivity index (χ0n) is 10.8. The average molecular weight is 260 g/mol. The average Bonchev–Trinajstić information content (AvgIpc) is 2.24. The van der Waals surface area contributed by atoms with Gasteiger partial charge in [-0.2, -0.15) is 13.2 Å². The Morgan fingerprint density at radius 1 is 1.11 bits per heavy atom. The molecule has 0 radical (unpaired) electrons. The fourth-order valence-electron chi connectivity index (χ4n) is 1.73. The van der Waals surface area contributed by atoms with Gasteiger partial charge >= 0.3 is 6.18 Å². The summed E-state index contributed by atoms with van der Waals surface area (Å²) in [7, 11) is 0. The maximum Gasteiger partial charge on any atom is 0.405 e. The van der Waals surface area contributed by atoms with Gasteiger partial charge in [-0.1, -0.05) is 12.1 Å². The maximum atomic E-state index is 12.5. The first-order chi connectivity index (χ1) is 8.20. The first-order valence-electron chi connectivity index (χ1n) is 5.89. The highest BCUT2D eigenvalue weighted by Gasteiger charge is 2.31. The molecular formula is C13H19F3N2. The van der Waals surface area contributed by atoms with Gasteiger partial charge in [0.2, 0.25) is 0 Å². The van der Waals surface area contributed by atoms with Crippen LogP contribution in [0.1, 0.15) is 32.4 Å². The predicted molar refractivity (Wildman–Crippen MR) is 67.6 cm³/mol. The fraction of sp³-hybridized carbons (Fsp3) is 0.538. The zero-order valence-corrected chi connectivity index (χ0v) is 10.8. The highest BCUT2D eigenvalue weighted by atomic mass is 19.4. The van der Waals surface area contributed by atoms with E-state index in [0.717, 1.165) is 5.56 Å². The number of halogens is 3. The molecule has 0 spiro atoms. The molecular weight excluding hydrogens is 241 g/mol. The molecule has 0 aliphatic rings. The smallest absolute Gasteiger partial charge is 0.360 e. The van der Waals surface area contributed by atoms with Gasteiger partial charge in [-0.25, -0.2) is 0 Å². The van der Waals surface area contributed by atoms with Crippen molar-refractivity contribution in [1.29, 1.82) is 0 Å². The van der Waals surface area contributed by atoms with E-state index in [4.69, 9.17) is 5.73 Å². The van der Waals surface area contributed by atoms with Crippen LogP contribution in [0.2, 0.25) is 0 Å². The van der Waals surface area contributed by atoms with Gasteiger partial charge in [0.1, 0.15) is 6.54 Å². The summed E-state index contributed by atoms with van der Waals surface area (Å²) in [6, 6.07) is 6.58. The first kappa shape index (κ1) is 14.8. The van der Waals surface area contributed by atoms with Gasteiger partial charge in [-0.15, -0.1) is 0 Å². The molecule has 1 unspecified atom stereocenters. The predicted octanol–water partition coefficient (Wildman–Crippen LogP) is 3.48. The molecule has 0 amide bonds. The summed E-state index contributed by atoms with van der Waals surface area (Å²) in [4.78, 5) is 1.32. The van der Waals surface area contributed by atoms with E-state index >= 15 is 0 Å². The van der Waals surface area contributed by atoms with Crippen LogP contribution in [-0.2, 0) is 0 Å². The van der Waals surface area contributed by atoms with Gasteiger partial charge in [0.05, 0.1) is 0 Å². The number of nitrogens with two attached hydrogens (primary N) is 1. The minimum absolute atomic E-state index is 0.117. The molecule has 2 nitrogen and oxygen atoms in total. The van der Waals surface area contributed by atoms with Gasteiger partial charge in [0, 0.05) is 17.8 Å². The lowest BCUT2D eigenvalue weighted by atomic mass is 10.1. The molecule has 1 aromatic rings. The van der Waals surface area contributed by atoms with Crippen LogP contribution < -0.4 is 10.6 Å². The summed E-state index contributed by atoms with van der Waals surface area (Å²) < 4.78 is 37.5. The number of hydrogen-bond donors (Lipinski definition) is 1. The summed E-state index contributed by atoms with van der Waals surface area (Å²) in [5.41, 5.74) is 7.18. The lowest BCUT2D eigenvalue weighted by Gasteiger charge is -2.30. The summed E-state index contributed by atoms with van der Waals surface area (Å²) in [6.07, 6.45) is -4.20. The van der Waals surface area contributed by atoms with Crippen molar-refractivity contribution in [3.63, 3.8) is 0 Å². The summed E-state index contributed by atoms with van der Waals surface area (Å²) in [6.45, 7) is 4.38. The summed E-state index contributed by atoms with van der Waals surface area (Å²) in [5.74, 6) is 0. The fourth-order valence-corrected chi connectivity index (χ4v) is 1.73. The van der Waals surface area contributed by atoms with Crippen LogP contribution >= 0.6 is 0 Å². The minimum atomic E-state index is -4.20. The van der Waals surface area contributed by atoms with Crippen LogP contribution in [-0.4, -0.2) is 18.8 Å². The number of anilines is 1. The van der Waals surface area contributed by atoms with Gasteiger partial charge in [-0.3, -0.25) is 0 Å². The normalized spacial score (nSPS) is 13.8. The van der Waals surface area contributed by atoms with E-state index in [1.807, 2.05) is 6.92 Å². The molecule has 0 aromatic heterocycles. The third kappa shape index (κ3) is 4.22. The largest absolute Gasteiger partial charge is 0.405 e. The lowest BCUT2D eigenvalue weighted by molar-refractivity contribution is -0.120. The number of hydrogen-bond acceptors (Lipinski definition) is 2. The van der Waals surface area contributed by atoms with Crippen molar-refractivity contribution in [3.8, 4) is 0 Å². The third-order valence-corrected chi connectivity index (χ3v) is 2.72. The Balaban J connectivity index is 2.93. The Kier molecular flexibility index (Phi) is 4.62. The summed E-state index contributed by atoms with van der Waals surface area (Å²) >= 11 is 0. The zero-order chi connectivity index (χ0) is 13.9. The van der Waals surface area contributed by atoms with E-state index in [9.17, 15) is 13.2 Å². The molecule has 1 rings (SSSR count). The molecule has 102 valence electrons. The van der Waals surface area contributed by atoms with Crippen molar-refractivity contribution < 1.29 is 13.2 Å². The maximum absolute atomic E-state index is 12.5. The number of nitrogens with zero attached hydrogens (tertiary/aromatic N) is 1. The van der Waals surface area contributed by atoms with E-state index < -0.39 is 12.7 Å². The Labute approximate surface area is 106 Å². The Morgan fingerprint density at radius 3 is 1.94 bits per heavy atom. The molecule has 5 heteroatoms. The van der Waals surface area contributed by atoms with Crippen molar-refractivity contribution in [2.75, 3.05) is 11.4 Å². The molecule has 0 aliphatic heterocycles. The quantitative estimate of drug-likeness (QED) is 0.898. The molecule has 0 bridgehead atoms. The number of alkyl halides is 3. The molecule has 0 fully saturated rings. The van der Waals surface area contributed by atoms with E-state index in [2.05, 4.69) is 0 Å². The second kappa shape index (κ2) is 5.61. The molecule has 0 heterocycles. The highest BCUT2D eigenvalue weighted by Crippen LogP contribution is 2.25. The van der Waals surface area contributed by atoms with Gasteiger partial charge in [0.15, 0.2) is 0 Å². The van der Waals surface area contributed by atoms with Gasteiger partial charge < -0.3 is 10.6 Å². The SMILES string of the molecule is CC(N)c1ccc(N(CC(F)(F)F)C(C)C)cc1. The molecule has 18 heavy (non-hydrogen) atoms. The Bertz CT molecular complexity index is 369. The van der Waals surface area contributed by atoms with E-state index in [-0.39, 0.29) is 12.1 Å². The van der Waals surface area contributed by atoms with Crippen molar-refractivity contribution >= 4 is 5.69 Å². The molecule has 0 aliphatic carbocycles. The molecule has 2 N–H and O–H groups in total. The third-order valence-electron chi connectivity index (χ3n) is 2.72. The number of benzene rings is 1. The minimum Gasteiger partial charge on any atom is -0.360 e. The standard InChI is InChI=1S/C13H19F3N2/c1-9(2)18(8-13(14,15)16)12-6-4-11(5-7-12)10(3)17/h4-7,9-10H,8,17H2,1-3H3. The van der Waals surface area contributed by atoms with Crippen LogP contribution in [0.4, 0.5) is 18.9 Å². The Hall–Kier alpha value is -1.23. The van der Waals surface area contributed by atoms with Crippen LogP contribution in [0.25, 0.3) is 0 Å². The molecule has 1 aromatic carbocycles. The van der Waals surface area contributed by atoms with Crippen LogP contribution in [0.3, 0.4) is 0 Å². The monoisotopic (exact) mass is 260 g/mol.